The smallest absolute Gasteiger partial charge is 0.259 e. The van der Waals surface area contributed by atoms with Gasteiger partial charge in [-0.3, -0.25) is 0 Å². The molecule has 104 valence electrons. The minimum atomic E-state index is 0.389. The van der Waals surface area contributed by atoms with E-state index < -0.39 is 0 Å². The van der Waals surface area contributed by atoms with Gasteiger partial charge in [-0.15, -0.1) is 0 Å². The van der Waals surface area contributed by atoms with Gasteiger partial charge in [0.25, 0.3) is 4.38 Å². The molecule has 0 aromatic heterocycles. The van der Waals surface area contributed by atoms with Crippen LogP contribution in [0.3, 0.4) is 0 Å². The van der Waals surface area contributed by atoms with Crippen LogP contribution >= 0.6 is 11.8 Å². The maximum atomic E-state index is 11.3. The molecule has 2 nitrogen and oxygen atoms in total. The summed E-state index contributed by atoms with van der Waals surface area (Å²) in [6.07, 6.45) is 0. The zero-order valence-electron chi connectivity index (χ0n) is 11.7. The lowest BCUT2D eigenvalue weighted by atomic mass is 10.1. The number of rotatable bonds is 2. The predicted octanol–water partition coefficient (Wildman–Crippen LogP) is 4.08. The highest BCUT2D eigenvalue weighted by Crippen LogP contribution is 2.27. The Morgan fingerprint density at radius 1 is 1.00 bits per heavy atom. The van der Waals surface area contributed by atoms with Gasteiger partial charge in [0.15, 0.2) is 0 Å². The summed E-state index contributed by atoms with van der Waals surface area (Å²) in [5.74, 6) is 0.775. The van der Waals surface area contributed by atoms with Crippen LogP contribution in [0.15, 0.2) is 47.4 Å². The number of thioether (sulfide) groups is 1. The van der Waals surface area contributed by atoms with Crippen LogP contribution in [0.25, 0.3) is 0 Å². The van der Waals surface area contributed by atoms with Crippen LogP contribution in [0.2, 0.25) is 0 Å². The lowest BCUT2D eigenvalue weighted by Gasteiger charge is -2.12. The molecule has 0 bridgehead atoms. The van der Waals surface area contributed by atoms with E-state index in [0.29, 0.717) is 15.6 Å². The molecule has 0 heterocycles. The summed E-state index contributed by atoms with van der Waals surface area (Å²) >= 11 is 1.74. The maximum Gasteiger partial charge on any atom is 0.259 e. The molecule has 0 aliphatic rings. The highest BCUT2D eigenvalue weighted by molar-refractivity contribution is 8.20. The molecule has 0 aliphatic carbocycles. The van der Waals surface area contributed by atoms with Crippen LogP contribution in [-0.4, -0.2) is 8.59 Å². The minimum Gasteiger partial charge on any atom is -0.437 e. The number of hydrogen-bond donors (Lipinski definition) is 0. The van der Waals surface area contributed by atoms with Crippen molar-refractivity contribution in [3.05, 3.63) is 59.2 Å². The van der Waals surface area contributed by atoms with Crippen molar-refractivity contribution in [2.75, 3.05) is 0 Å². The fourth-order valence-electron chi connectivity index (χ4n) is 2.05. The van der Waals surface area contributed by atoms with Gasteiger partial charge in [0.05, 0.1) is 0 Å². The predicted molar refractivity (Wildman–Crippen MR) is 86.7 cm³/mol. The van der Waals surface area contributed by atoms with Crippen molar-refractivity contribution >= 4 is 27.4 Å². The molecule has 0 spiro atoms. The molecule has 2 aromatic rings. The number of aryl methyl sites for hydroxylation is 3. The third kappa shape index (κ3) is 3.74. The van der Waals surface area contributed by atoms with Crippen molar-refractivity contribution in [3.8, 4) is 5.75 Å². The van der Waals surface area contributed by atoms with Gasteiger partial charge in [-0.25, -0.2) is 4.21 Å². The number of ether oxygens (including phenoxy) is 1. The highest BCUT2D eigenvalue weighted by Gasteiger charge is 2.10. The molecule has 0 amide bonds. The van der Waals surface area contributed by atoms with E-state index in [4.69, 9.17) is 4.74 Å². The van der Waals surface area contributed by atoms with Crippen LogP contribution in [0.1, 0.15) is 16.7 Å². The second-order valence-electron chi connectivity index (χ2n) is 4.58. The lowest BCUT2D eigenvalue weighted by Crippen LogP contribution is -2.06. The fourth-order valence-corrected chi connectivity index (χ4v) is 3.20. The Morgan fingerprint density at radius 3 is 2.15 bits per heavy atom. The Kier molecular flexibility index (Phi) is 5.04. The highest BCUT2D eigenvalue weighted by atomic mass is 32.2. The molecule has 0 N–H and O–H groups in total. The van der Waals surface area contributed by atoms with Gasteiger partial charge in [-0.2, -0.15) is 0 Å². The van der Waals surface area contributed by atoms with E-state index in [1.807, 2.05) is 44.2 Å². The minimum absolute atomic E-state index is 0.389. The van der Waals surface area contributed by atoms with E-state index in [0.717, 1.165) is 21.8 Å². The van der Waals surface area contributed by atoms with Crippen molar-refractivity contribution in [1.29, 1.82) is 0 Å². The molecule has 0 radical (unpaired) electrons. The first-order valence-corrected chi connectivity index (χ1v) is 7.81. The SMILES string of the molecule is Cc1cc(C)c(OC(Sc2ccccc2)=S=O)c(C)c1. The lowest BCUT2D eigenvalue weighted by molar-refractivity contribution is 0.566. The molecule has 4 heteroatoms. The quantitative estimate of drug-likeness (QED) is 0.617. The third-order valence-corrected chi connectivity index (χ3v) is 4.23. The molecule has 0 atom stereocenters. The van der Waals surface area contributed by atoms with Crippen molar-refractivity contribution in [2.24, 2.45) is 0 Å². The molecule has 0 saturated carbocycles. The molecule has 0 unspecified atom stereocenters. The average molecular weight is 304 g/mol. The Morgan fingerprint density at radius 2 is 1.60 bits per heavy atom. The van der Waals surface area contributed by atoms with E-state index in [1.165, 1.54) is 17.3 Å². The van der Waals surface area contributed by atoms with Crippen LogP contribution in [-0.2, 0) is 11.3 Å². The van der Waals surface area contributed by atoms with Crippen LogP contribution in [0, 0.1) is 20.8 Å². The summed E-state index contributed by atoms with van der Waals surface area (Å²) in [5, 5.41) is 0. The standard InChI is InChI=1S/C16H16O2S2/c1-11-9-12(2)15(13(3)10-11)18-16(20-17)19-14-7-5-4-6-8-14/h4-10H,1-3H3. The van der Waals surface area contributed by atoms with Gasteiger partial charge < -0.3 is 4.74 Å². The molecule has 0 fully saturated rings. The normalized spacial score (nSPS) is 10.2. The van der Waals surface area contributed by atoms with Gasteiger partial charge in [0, 0.05) is 4.90 Å². The summed E-state index contributed by atoms with van der Waals surface area (Å²) in [4.78, 5) is 0.994. The average Bonchev–Trinajstić information content (AvgIpc) is 2.42. The van der Waals surface area contributed by atoms with E-state index in [1.54, 1.807) is 0 Å². The van der Waals surface area contributed by atoms with E-state index in [9.17, 15) is 4.21 Å². The summed E-state index contributed by atoms with van der Waals surface area (Å²) in [6, 6.07) is 13.9. The first-order valence-electron chi connectivity index (χ1n) is 6.25. The first-order chi connectivity index (χ1) is 9.60. The van der Waals surface area contributed by atoms with Gasteiger partial charge in [0.2, 0.25) is 0 Å². The molecule has 2 rings (SSSR count). The Labute approximate surface area is 127 Å². The second-order valence-corrected chi connectivity index (χ2v) is 6.42. The Hall–Kier alpha value is -1.52. The van der Waals surface area contributed by atoms with Gasteiger partial charge in [-0.1, -0.05) is 35.9 Å². The van der Waals surface area contributed by atoms with Gasteiger partial charge >= 0.3 is 0 Å². The molecule has 2 aromatic carbocycles. The van der Waals surface area contributed by atoms with Gasteiger partial charge in [-0.05, 0) is 55.8 Å². The van der Waals surface area contributed by atoms with Gasteiger partial charge in [0.1, 0.15) is 17.0 Å². The fraction of sp³-hybridized carbons (Fsp3) is 0.188. The maximum absolute atomic E-state index is 11.3. The Balaban J connectivity index is 2.22. The first kappa shape index (κ1) is 14.9. The van der Waals surface area contributed by atoms with Crippen LogP contribution in [0.4, 0.5) is 0 Å². The summed E-state index contributed by atoms with van der Waals surface area (Å²) < 4.78 is 17.5. The van der Waals surface area contributed by atoms with Crippen molar-refractivity contribution < 1.29 is 8.95 Å². The topological polar surface area (TPSA) is 26.3 Å². The Bertz CT molecular complexity index is 636. The number of benzene rings is 2. The molecule has 0 saturated heterocycles. The largest absolute Gasteiger partial charge is 0.437 e. The van der Waals surface area contributed by atoms with E-state index in [-0.39, 0.29) is 0 Å². The summed E-state index contributed by atoms with van der Waals surface area (Å²) in [7, 11) is 0. The zero-order chi connectivity index (χ0) is 14.5. The van der Waals surface area contributed by atoms with Crippen molar-refractivity contribution in [2.45, 2.75) is 25.7 Å². The molecular formula is C16H16O2S2. The van der Waals surface area contributed by atoms with Crippen molar-refractivity contribution in [1.82, 2.24) is 0 Å². The zero-order valence-corrected chi connectivity index (χ0v) is 13.3. The van der Waals surface area contributed by atoms with E-state index >= 15 is 0 Å². The van der Waals surface area contributed by atoms with Crippen LogP contribution in [0.5, 0.6) is 5.75 Å². The summed E-state index contributed by atoms with van der Waals surface area (Å²) in [5.41, 5.74) is 3.28. The second kappa shape index (κ2) is 6.77. The molecule has 20 heavy (non-hydrogen) atoms. The van der Waals surface area contributed by atoms with Crippen LogP contribution < -0.4 is 4.74 Å². The molecular weight excluding hydrogens is 288 g/mol. The van der Waals surface area contributed by atoms with E-state index in [2.05, 4.69) is 19.1 Å². The summed E-state index contributed by atoms with van der Waals surface area (Å²) in [6.45, 7) is 6.04. The number of hydrogen-bond acceptors (Lipinski definition) is 3. The third-order valence-electron chi connectivity index (χ3n) is 2.80. The molecule has 0 aliphatic heterocycles. The monoisotopic (exact) mass is 304 g/mol. The van der Waals surface area contributed by atoms with Crippen molar-refractivity contribution in [3.63, 3.8) is 0 Å².